The molecule has 0 N–H and O–H groups in total. The Balaban J connectivity index is 1.58. The summed E-state index contributed by atoms with van der Waals surface area (Å²) in [4.78, 5) is 18.9. The van der Waals surface area contributed by atoms with E-state index in [9.17, 15) is 4.79 Å². The van der Waals surface area contributed by atoms with Gasteiger partial charge in [-0.25, -0.2) is 0 Å². The number of carbonyl (C=O) groups excluding carboxylic acids is 1. The van der Waals surface area contributed by atoms with Gasteiger partial charge in [0.2, 0.25) is 5.91 Å². The molecule has 9 heteroatoms. The van der Waals surface area contributed by atoms with Crippen LogP contribution in [0.1, 0.15) is 18.2 Å². The second-order valence-corrected chi connectivity index (χ2v) is 7.00. The highest BCUT2D eigenvalue weighted by atomic mass is 16.5. The molecule has 1 fully saturated rings. The molecule has 1 atom stereocenters. The van der Waals surface area contributed by atoms with Crippen LogP contribution in [0.25, 0.3) is 11.5 Å². The van der Waals surface area contributed by atoms with Crippen LogP contribution in [0.4, 0.5) is 5.69 Å². The van der Waals surface area contributed by atoms with E-state index in [2.05, 4.69) is 10.1 Å². The lowest BCUT2D eigenvalue weighted by Gasteiger charge is -2.18. The Kier molecular flexibility index (Phi) is 5.66. The fourth-order valence-corrected chi connectivity index (χ4v) is 3.56. The van der Waals surface area contributed by atoms with Crippen molar-refractivity contribution in [2.75, 3.05) is 39.9 Å². The van der Waals surface area contributed by atoms with Crippen LogP contribution in [0, 0.1) is 0 Å². The fourth-order valence-electron chi connectivity index (χ4n) is 3.56. The SMILES string of the molecule is COc1cc(OC)cc(N2CC(c3noc(-c4ccc(OC)cc4OC)n3)CC2=O)c1. The van der Waals surface area contributed by atoms with E-state index in [4.69, 9.17) is 23.5 Å². The molecule has 2 heterocycles. The number of nitrogens with zero attached hydrogens (tertiary/aromatic N) is 3. The Morgan fingerprint density at radius 1 is 0.935 bits per heavy atom. The van der Waals surface area contributed by atoms with E-state index in [-0.39, 0.29) is 18.2 Å². The molecule has 31 heavy (non-hydrogen) atoms. The van der Waals surface area contributed by atoms with Gasteiger partial charge in [-0.05, 0) is 12.1 Å². The summed E-state index contributed by atoms with van der Waals surface area (Å²) in [5.41, 5.74) is 1.35. The monoisotopic (exact) mass is 425 g/mol. The smallest absolute Gasteiger partial charge is 0.261 e. The van der Waals surface area contributed by atoms with E-state index in [1.807, 2.05) is 0 Å². The van der Waals surface area contributed by atoms with Crippen LogP contribution in [0.5, 0.6) is 23.0 Å². The molecule has 1 aromatic heterocycles. The van der Waals surface area contributed by atoms with Gasteiger partial charge in [-0.1, -0.05) is 5.16 Å². The van der Waals surface area contributed by atoms with Crippen molar-refractivity contribution in [3.05, 3.63) is 42.2 Å². The van der Waals surface area contributed by atoms with Crippen molar-refractivity contribution in [1.82, 2.24) is 10.1 Å². The van der Waals surface area contributed by atoms with Crippen molar-refractivity contribution < 1.29 is 28.3 Å². The minimum absolute atomic E-state index is 0.0336. The number of methoxy groups -OCH3 is 4. The number of rotatable bonds is 7. The molecule has 4 rings (SSSR count). The second-order valence-electron chi connectivity index (χ2n) is 7.00. The highest BCUT2D eigenvalue weighted by Gasteiger charge is 2.35. The van der Waals surface area contributed by atoms with Gasteiger partial charge in [-0.2, -0.15) is 4.98 Å². The highest BCUT2D eigenvalue weighted by Crippen LogP contribution is 2.37. The molecule has 1 aliphatic rings. The number of hydrogen-bond donors (Lipinski definition) is 0. The Morgan fingerprint density at radius 2 is 1.65 bits per heavy atom. The van der Waals surface area contributed by atoms with Gasteiger partial charge in [0, 0.05) is 43.1 Å². The Morgan fingerprint density at radius 3 is 2.29 bits per heavy atom. The maximum absolute atomic E-state index is 12.7. The molecule has 9 nitrogen and oxygen atoms in total. The Labute approximate surface area is 179 Å². The fraction of sp³-hybridized carbons (Fsp3) is 0.318. The summed E-state index contributed by atoms with van der Waals surface area (Å²) in [5.74, 6) is 2.99. The van der Waals surface area contributed by atoms with Crippen molar-refractivity contribution in [1.29, 1.82) is 0 Å². The molecule has 1 unspecified atom stereocenters. The summed E-state index contributed by atoms with van der Waals surface area (Å²) < 4.78 is 26.8. The Bertz CT molecular complexity index is 1070. The molecule has 162 valence electrons. The molecule has 0 spiro atoms. The van der Waals surface area contributed by atoms with Gasteiger partial charge in [0.15, 0.2) is 5.82 Å². The molecular formula is C22H23N3O6. The quantitative estimate of drug-likeness (QED) is 0.569. The largest absolute Gasteiger partial charge is 0.497 e. The van der Waals surface area contributed by atoms with Gasteiger partial charge < -0.3 is 28.4 Å². The molecule has 1 aliphatic heterocycles. The standard InChI is InChI=1S/C22H23N3O6/c1-27-15-5-6-18(19(11-15)30-4)22-23-21(24-31-22)13-7-20(26)25(12-13)14-8-16(28-2)10-17(9-14)29-3/h5-6,8-11,13H,7,12H2,1-4H3. The lowest BCUT2D eigenvalue weighted by Crippen LogP contribution is -2.24. The van der Waals surface area contributed by atoms with Crippen LogP contribution >= 0.6 is 0 Å². The van der Waals surface area contributed by atoms with Gasteiger partial charge in [-0.3, -0.25) is 4.79 Å². The van der Waals surface area contributed by atoms with E-state index < -0.39 is 0 Å². The van der Waals surface area contributed by atoms with E-state index in [0.29, 0.717) is 52.5 Å². The van der Waals surface area contributed by atoms with Crippen molar-refractivity contribution in [2.45, 2.75) is 12.3 Å². The van der Waals surface area contributed by atoms with Gasteiger partial charge >= 0.3 is 0 Å². The maximum Gasteiger partial charge on any atom is 0.261 e. The summed E-state index contributed by atoms with van der Waals surface area (Å²) in [5, 5.41) is 4.12. The first kappa shape index (κ1) is 20.5. The molecule has 0 bridgehead atoms. The van der Waals surface area contributed by atoms with Crippen LogP contribution in [0.3, 0.4) is 0 Å². The molecule has 3 aromatic rings. The van der Waals surface area contributed by atoms with E-state index >= 15 is 0 Å². The molecule has 0 radical (unpaired) electrons. The molecule has 0 saturated carbocycles. The zero-order valence-electron chi connectivity index (χ0n) is 17.7. The minimum Gasteiger partial charge on any atom is -0.497 e. The van der Waals surface area contributed by atoms with Crippen LogP contribution in [-0.2, 0) is 4.79 Å². The van der Waals surface area contributed by atoms with Gasteiger partial charge in [-0.15, -0.1) is 0 Å². The number of ether oxygens (including phenoxy) is 4. The summed E-state index contributed by atoms with van der Waals surface area (Å²) in [6.45, 7) is 0.424. The zero-order valence-corrected chi connectivity index (χ0v) is 17.7. The maximum atomic E-state index is 12.7. The number of hydrogen-bond acceptors (Lipinski definition) is 8. The normalized spacial score (nSPS) is 15.8. The third kappa shape index (κ3) is 3.98. The summed E-state index contributed by atoms with van der Waals surface area (Å²) >= 11 is 0. The number of carbonyl (C=O) groups is 1. The van der Waals surface area contributed by atoms with Gasteiger partial charge in [0.1, 0.15) is 23.0 Å². The van der Waals surface area contributed by atoms with Crippen molar-refractivity contribution in [2.24, 2.45) is 0 Å². The van der Waals surface area contributed by atoms with Crippen LogP contribution in [0.15, 0.2) is 40.9 Å². The third-order valence-corrected chi connectivity index (χ3v) is 5.22. The number of anilines is 1. The van der Waals surface area contributed by atoms with Crippen molar-refractivity contribution in [3.8, 4) is 34.5 Å². The molecule has 2 aromatic carbocycles. The number of aromatic nitrogens is 2. The average Bonchev–Trinajstić information content (AvgIpc) is 3.45. The molecule has 1 amide bonds. The van der Waals surface area contributed by atoms with Crippen molar-refractivity contribution >= 4 is 11.6 Å². The number of benzene rings is 2. The molecular weight excluding hydrogens is 402 g/mol. The first-order chi connectivity index (χ1) is 15.1. The van der Waals surface area contributed by atoms with Crippen molar-refractivity contribution in [3.63, 3.8) is 0 Å². The molecule has 0 aliphatic carbocycles. The summed E-state index contributed by atoms with van der Waals surface area (Å²) in [6, 6.07) is 10.7. The van der Waals surface area contributed by atoms with Crippen LogP contribution in [-0.4, -0.2) is 51.0 Å². The highest BCUT2D eigenvalue weighted by molar-refractivity contribution is 5.96. The Hall–Kier alpha value is -3.75. The first-order valence-electron chi connectivity index (χ1n) is 9.65. The van der Waals surface area contributed by atoms with Gasteiger partial charge in [0.25, 0.3) is 5.89 Å². The predicted octanol–water partition coefficient (Wildman–Crippen LogP) is 3.29. The van der Waals surface area contributed by atoms with Gasteiger partial charge in [0.05, 0.1) is 39.7 Å². The topological polar surface area (TPSA) is 96.2 Å². The summed E-state index contributed by atoms with van der Waals surface area (Å²) in [7, 11) is 6.29. The second kappa shape index (κ2) is 8.55. The predicted molar refractivity (Wildman–Crippen MR) is 112 cm³/mol. The average molecular weight is 425 g/mol. The minimum atomic E-state index is -0.202. The lowest BCUT2D eigenvalue weighted by molar-refractivity contribution is -0.117. The third-order valence-electron chi connectivity index (χ3n) is 5.22. The van der Waals surface area contributed by atoms with E-state index in [1.54, 1.807) is 69.7 Å². The molecule has 1 saturated heterocycles. The summed E-state index contributed by atoms with van der Waals surface area (Å²) in [6.07, 6.45) is 0.276. The zero-order chi connectivity index (χ0) is 22.0. The first-order valence-corrected chi connectivity index (χ1v) is 9.65. The van der Waals surface area contributed by atoms with E-state index in [0.717, 1.165) is 0 Å². The van der Waals surface area contributed by atoms with E-state index in [1.165, 1.54) is 0 Å². The van der Waals surface area contributed by atoms with Crippen LogP contribution in [0.2, 0.25) is 0 Å². The van der Waals surface area contributed by atoms with Crippen LogP contribution < -0.4 is 23.8 Å². The lowest BCUT2D eigenvalue weighted by atomic mass is 10.1. The number of amides is 1.